The number of anilines is 3. The van der Waals surface area contributed by atoms with Gasteiger partial charge in [-0.1, -0.05) is 164 Å². The smallest absolute Gasteiger partial charge is 0.0468 e. The topological polar surface area (TPSA) is 3.24 Å². The summed E-state index contributed by atoms with van der Waals surface area (Å²) in [5.41, 5.74) is 12.9. The van der Waals surface area contributed by atoms with Gasteiger partial charge in [-0.3, -0.25) is 0 Å². The van der Waals surface area contributed by atoms with Crippen LogP contribution in [-0.2, 0) is 0 Å². The van der Waals surface area contributed by atoms with Gasteiger partial charge in [0.15, 0.2) is 0 Å². The van der Waals surface area contributed by atoms with Crippen molar-refractivity contribution >= 4 is 38.6 Å². The highest BCUT2D eigenvalue weighted by Crippen LogP contribution is 2.45. The van der Waals surface area contributed by atoms with Gasteiger partial charge < -0.3 is 4.90 Å². The van der Waals surface area contributed by atoms with E-state index in [2.05, 4.69) is 217 Å². The van der Waals surface area contributed by atoms with Crippen LogP contribution in [0.1, 0.15) is 0 Å². The van der Waals surface area contributed by atoms with E-state index in [-0.39, 0.29) is 0 Å². The van der Waals surface area contributed by atoms with Crippen molar-refractivity contribution in [3.8, 4) is 44.5 Å². The number of rotatable bonds is 7. The molecule has 0 fully saturated rings. The summed E-state index contributed by atoms with van der Waals surface area (Å²) in [6, 6.07) is 76.7. The Morgan fingerprint density at radius 1 is 0.255 bits per heavy atom. The van der Waals surface area contributed by atoms with E-state index >= 15 is 0 Å². The molecule has 0 aromatic heterocycles. The van der Waals surface area contributed by atoms with Crippen LogP contribution in [0.3, 0.4) is 0 Å². The Morgan fingerprint density at radius 2 is 0.745 bits per heavy atom. The van der Waals surface area contributed by atoms with Crippen LogP contribution >= 0.6 is 0 Å². The van der Waals surface area contributed by atoms with E-state index in [1.54, 1.807) is 0 Å². The molecule has 0 aliphatic heterocycles. The third kappa shape index (κ3) is 5.86. The molecule has 240 valence electrons. The zero-order chi connectivity index (χ0) is 34.0. The minimum atomic E-state index is 1.10. The molecule has 0 N–H and O–H groups in total. The Morgan fingerprint density at radius 3 is 1.41 bits per heavy atom. The lowest BCUT2D eigenvalue weighted by Crippen LogP contribution is -2.10. The van der Waals surface area contributed by atoms with E-state index in [1.807, 2.05) is 0 Å². The van der Waals surface area contributed by atoms with Gasteiger partial charge in [-0.25, -0.2) is 0 Å². The van der Waals surface area contributed by atoms with Crippen molar-refractivity contribution in [2.75, 3.05) is 4.90 Å². The molecule has 0 atom stereocenters. The minimum Gasteiger partial charge on any atom is -0.310 e. The molecule has 0 radical (unpaired) electrons. The Balaban J connectivity index is 1.27. The molecule has 0 heterocycles. The molecule has 0 bridgehead atoms. The van der Waals surface area contributed by atoms with Gasteiger partial charge in [0.1, 0.15) is 0 Å². The second kappa shape index (κ2) is 13.3. The summed E-state index contributed by atoms with van der Waals surface area (Å²) < 4.78 is 0. The van der Waals surface area contributed by atoms with Crippen molar-refractivity contribution in [3.05, 3.63) is 212 Å². The zero-order valence-corrected chi connectivity index (χ0v) is 28.2. The van der Waals surface area contributed by atoms with Gasteiger partial charge in [0.2, 0.25) is 0 Å². The van der Waals surface area contributed by atoms with Gasteiger partial charge >= 0.3 is 0 Å². The molecule has 0 saturated heterocycles. The molecule has 9 aromatic rings. The highest BCUT2D eigenvalue weighted by Gasteiger charge is 2.20. The number of benzene rings is 9. The van der Waals surface area contributed by atoms with Gasteiger partial charge in [-0.15, -0.1) is 0 Å². The molecular weight excluding hydrogens is 615 g/mol. The first-order valence-corrected chi connectivity index (χ1v) is 17.5. The summed E-state index contributed by atoms with van der Waals surface area (Å²) in [5.74, 6) is 0. The Labute approximate surface area is 299 Å². The van der Waals surface area contributed by atoms with Crippen LogP contribution in [0.5, 0.6) is 0 Å². The van der Waals surface area contributed by atoms with Crippen molar-refractivity contribution in [3.63, 3.8) is 0 Å². The van der Waals surface area contributed by atoms with Gasteiger partial charge in [0.05, 0.1) is 0 Å². The predicted octanol–water partition coefficient (Wildman–Crippen LogP) is 14.1. The summed E-state index contributed by atoms with van der Waals surface area (Å²) in [5, 5.41) is 5.01. The first-order valence-electron chi connectivity index (χ1n) is 17.5. The van der Waals surface area contributed by atoms with E-state index in [1.165, 1.54) is 60.5 Å². The van der Waals surface area contributed by atoms with Crippen molar-refractivity contribution < 1.29 is 0 Å². The van der Waals surface area contributed by atoms with Crippen LogP contribution in [-0.4, -0.2) is 0 Å². The lowest BCUT2D eigenvalue weighted by Gasteiger charge is -2.27. The fourth-order valence-corrected chi connectivity index (χ4v) is 7.41. The highest BCUT2D eigenvalue weighted by molar-refractivity contribution is 6.08. The summed E-state index contributed by atoms with van der Waals surface area (Å²) in [6.45, 7) is 0. The summed E-state index contributed by atoms with van der Waals surface area (Å²) in [7, 11) is 0. The monoisotopic (exact) mass is 649 g/mol. The maximum atomic E-state index is 2.38. The Bertz CT molecular complexity index is 2550. The average molecular weight is 650 g/mol. The van der Waals surface area contributed by atoms with Crippen LogP contribution in [0.25, 0.3) is 66.1 Å². The second-order valence-electron chi connectivity index (χ2n) is 13.0. The lowest BCUT2D eigenvalue weighted by atomic mass is 9.84. The van der Waals surface area contributed by atoms with Crippen LogP contribution < -0.4 is 4.90 Å². The Kier molecular flexibility index (Phi) is 7.92. The van der Waals surface area contributed by atoms with Gasteiger partial charge in [0.25, 0.3) is 0 Å². The zero-order valence-electron chi connectivity index (χ0n) is 28.2. The number of hydrogen-bond acceptors (Lipinski definition) is 1. The number of para-hydroxylation sites is 1. The molecule has 0 saturated carbocycles. The summed E-state index contributed by atoms with van der Waals surface area (Å²) in [6.07, 6.45) is 0. The van der Waals surface area contributed by atoms with Crippen LogP contribution in [0, 0.1) is 0 Å². The van der Waals surface area contributed by atoms with E-state index in [0.29, 0.717) is 0 Å². The fourth-order valence-electron chi connectivity index (χ4n) is 7.41. The Hall–Kier alpha value is -6.70. The third-order valence-electron chi connectivity index (χ3n) is 9.81. The third-order valence-corrected chi connectivity index (χ3v) is 9.81. The molecule has 51 heavy (non-hydrogen) atoms. The molecule has 1 heteroatoms. The van der Waals surface area contributed by atoms with E-state index < -0.39 is 0 Å². The predicted molar refractivity (Wildman–Crippen MR) is 218 cm³/mol. The second-order valence-corrected chi connectivity index (χ2v) is 13.0. The number of fused-ring (bicyclic) bond motifs is 3. The minimum absolute atomic E-state index is 1.10. The van der Waals surface area contributed by atoms with Crippen LogP contribution in [0.15, 0.2) is 212 Å². The van der Waals surface area contributed by atoms with E-state index in [9.17, 15) is 0 Å². The van der Waals surface area contributed by atoms with Crippen molar-refractivity contribution in [2.45, 2.75) is 0 Å². The quantitative estimate of drug-likeness (QED) is 0.155. The van der Waals surface area contributed by atoms with E-state index in [0.717, 1.165) is 22.6 Å². The number of nitrogens with zero attached hydrogens (tertiary/aromatic N) is 1. The lowest BCUT2D eigenvalue weighted by molar-refractivity contribution is 1.29. The SMILES string of the molecule is c1ccc(-c2cc(-c3ccccc3)c(-c3cccc(N(c4ccccc4)c4ccc5c(ccc6ccccc65)c4)c3)c(-c3ccccc3)c2)cc1. The standard InChI is InChI=1S/C50H35N/c1-5-16-36(17-6-1)42-34-48(37-18-7-2-8-19-37)50(49(35-42)38-20-9-3-10-21-38)41-23-15-26-44(33-41)51(43-24-11-4-12-25-43)45-30-31-47-40(32-45)29-28-39-22-13-14-27-46(39)47/h1-35H. The molecular formula is C50H35N. The van der Waals surface area contributed by atoms with Gasteiger partial charge in [-0.05, 0) is 115 Å². The maximum absolute atomic E-state index is 2.38. The molecule has 0 aliphatic rings. The normalized spacial score (nSPS) is 11.1. The van der Waals surface area contributed by atoms with Gasteiger partial charge in [-0.2, -0.15) is 0 Å². The van der Waals surface area contributed by atoms with E-state index in [4.69, 9.17) is 0 Å². The molecule has 0 amide bonds. The van der Waals surface area contributed by atoms with Gasteiger partial charge in [0, 0.05) is 17.1 Å². The summed E-state index contributed by atoms with van der Waals surface area (Å²) >= 11 is 0. The molecule has 0 aliphatic carbocycles. The van der Waals surface area contributed by atoms with Crippen molar-refractivity contribution in [1.29, 1.82) is 0 Å². The highest BCUT2D eigenvalue weighted by atomic mass is 15.1. The first kappa shape index (κ1) is 30.4. The molecule has 0 unspecified atom stereocenters. The first-order chi connectivity index (χ1) is 25.3. The number of hydrogen-bond donors (Lipinski definition) is 0. The van der Waals surface area contributed by atoms with Crippen molar-refractivity contribution in [1.82, 2.24) is 0 Å². The molecule has 0 spiro atoms. The van der Waals surface area contributed by atoms with Crippen molar-refractivity contribution in [2.24, 2.45) is 0 Å². The largest absolute Gasteiger partial charge is 0.310 e. The molecule has 1 nitrogen and oxygen atoms in total. The molecule has 9 rings (SSSR count). The van der Waals surface area contributed by atoms with Crippen LogP contribution in [0.4, 0.5) is 17.1 Å². The average Bonchev–Trinajstić information content (AvgIpc) is 3.22. The molecule has 9 aromatic carbocycles. The van der Waals surface area contributed by atoms with Crippen LogP contribution in [0.2, 0.25) is 0 Å². The maximum Gasteiger partial charge on any atom is 0.0468 e. The fraction of sp³-hybridized carbons (Fsp3) is 0. The summed E-state index contributed by atoms with van der Waals surface area (Å²) in [4.78, 5) is 2.38.